The lowest BCUT2D eigenvalue weighted by Crippen LogP contribution is -2.27. The Morgan fingerprint density at radius 2 is 1.70 bits per heavy atom. The molecule has 0 spiro atoms. The molecule has 0 bridgehead atoms. The van der Waals surface area contributed by atoms with Crippen LogP contribution >= 0.6 is 0 Å². The van der Waals surface area contributed by atoms with E-state index in [1.165, 1.54) is 0 Å². The lowest BCUT2D eigenvalue weighted by Gasteiger charge is -2.12. The number of aromatic carboxylic acids is 1. The molecule has 0 fully saturated rings. The van der Waals surface area contributed by atoms with E-state index >= 15 is 0 Å². The van der Waals surface area contributed by atoms with E-state index in [9.17, 15) is 9.59 Å². The van der Waals surface area contributed by atoms with Gasteiger partial charge in [-0.2, -0.15) is 0 Å². The highest BCUT2D eigenvalue weighted by molar-refractivity contribution is 5.97. The van der Waals surface area contributed by atoms with Gasteiger partial charge in [0.05, 0.1) is 5.56 Å². The van der Waals surface area contributed by atoms with Gasteiger partial charge >= 0.3 is 5.97 Å². The van der Waals surface area contributed by atoms with Crippen molar-refractivity contribution < 1.29 is 14.7 Å². The summed E-state index contributed by atoms with van der Waals surface area (Å²) < 4.78 is 0. The van der Waals surface area contributed by atoms with Gasteiger partial charge in [0.1, 0.15) is 0 Å². The number of carboxylic acid groups (broad SMARTS) is 1. The summed E-state index contributed by atoms with van der Waals surface area (Å²) in [5.41, 5.74) is 4.94. The van der Waals surface area contributed by atoms with Crippen LogP contribution < -0.4 is 5.32 Å². The standard InChI is InChI=1S/C19H21NO3/c1-12-9-13(2)17(14(3)10-12)18(21)20-8-7-15-5-4-6-16(11-15)19(22)23/h4-6,9-11H,7-8H2,1-3H3,(H,20,21)(H,22,23). The summed E-state index contributed by atoms with van der Waals surface area (Å²) in [5.74, 6) is -1.03. The van der Waals surface area contributed by atoms with Gasteiger partial charge in [-0.05, 0) is 56.0 Å². The summed E-state index contributed by atoms with van der Waals surface area (Å²) in [6.07, 6.45) is 0.594. The highest BCUT2D eigenvalue weighted by Gasteiger charge is 2.12. The third-order valence-electron chi connectivity index (χ3n) is 3.78. The number of hydrogen-bond acceptors (Lipinski definition) is 2. The second-order valence-corrected chi connectivity index (χ2v) is 5.79. The molecule has 0 aromatic heterocycles. The predicted octanol–water partition coefficient (Wildman–Crippen LogP) is 3.28. The molecule has 0 heterocycles. The van der Waals surface area contributed by atoms with Gasteiger partial charge in [0.15, 0.2) is 0 Å². The largest absolute Gasteiger partial charge is 0.478 e. The average Bonchev–Trinajstić information content (AvgIpc) is 2.46. The van der Waals surface area contributed by atoms with E-state index < -0.39 is 5.97 Å². The van der Waals surface area contributed by atoms with Crippen LogP contribution in [0.5, 0.6) is 0 Å². The normalized spacial score (nSPS) is 10.4. The molecule has 0 unspecified atom stereocenters. The number of nitrogens with one attached hydrogen (secondary N) is 1. The number of carboxylic acids is 1. The third-order valence-corrected chi connectivity index (χ3v) is 3.78. The van der Waals surface area contributed by atoms with Crippen LogP contribution in [0.1, 0.15) is 43.0 Å². The summed E-state index contributed by atoms with van der Waals surface area (Å²) in [6.45, 7) is 6.35. The average molecular weight is 311 g/mol. The van der Waals surface area contributed by atoms with Gasteiger partial charge in [-0.3, -0.25) is 4.79 Å². The molecule has 23 heavy (non-hydrogen) atoms. The number of hydrogen-bond donors (Lipinski definition) is 2. The van der Waals surface area contributed by atoms with Crippen molar-refractivity contribution in [2.45, 2.75) is 27.2 Å². The maximum Gasteiger partial charge on any atom is 0.335 e. The van der Waals surface area contributed by atoms with Crippen LogP contribution in [0.15, 0.2) is 36.4 Å². The van der Waals surface area contributed by atoms with Gasteiger partial charge in [-0.25, -0.2) is 4.79 Å². The molecule has 0 saturated carbocycles. The Labute approximate surface area is 136 Å². The van der Waals surface area contributed by atoms with E-state index in [1.54, 1.807) is 18.2 Å². The molecule has 0 radical (unpaired) electrons. The number of carbonyl (C=O) groups is 2. The summed E-state index contributed by atoms with van der Waals surface area (Å²) >= 11 is 0. The molecule has 4 nitrogen and oxygen atoms in total. The number of benzene rings is 2. The number of carbonyl (C=O) groups excluding carboxylic acids is 1. The zero-order chi connectivity index (χ0) is 17.0. The predicted molar refractivity (Wildman–Crippen MR) is 90.1 cm³/mol. The van der Waals surface area contributed by atoms with Crippen molar-refractivity contribution in [1.29, 1.82) is 0 Å². The zero-order valence-electron chi connectivity index (χ0n) is 13.6. The van der Waals surface area contributed by atoms with Gasteiger partial charge < -0.3 is 10.4 Å². The summed E-state index contributed by atoms with van der Waals surface area (Å²) in [7, 11) is 0. The minimum atomic E-state index is -0.943. The molecule has 1 amide bonds. The molecule has 0 saturated heterocycles. The van der Waals surface area contributed by atoms with Gasteiger partial charge in [-0.1, -0.05) is 29.8 Å². The van der Waals surface area contributed by atoms with Crippen molar-refractivity contribution in [2.75, 3.05) is 6.54 Å². The molecule has 0 atom stereocenters. The Hall–Kier alpha value is -2.62. The van der Waals surface area contributed by atoms with Crippen molar-refractivity contribution in [3.8, 4) is 0 Å². The second-order valence-electron chi connectivity index (χ2n) is 5.79. The molecule has 0 aliphatic heterocycles. The summed E-state index contributed by atoms with van der Waals surface area (Å²) in [5, 5.41) is 11.9. The maximum atomic E-state index is 12.4. The first-order valence-electron chi connectivity index (χ1n) is 7.57. The van der Waals surface area contributed by atoms with Crippen LogP contribution in [0.2, 0.25) is 0 Å². The van der Waals surface area contributed by atoms with E-state index in [-0.39, 0.29) is 11.5 Å². The second kappa shape index (κ2) is 7.09. The van der Waals surface area contributed by atoms with E-state index in [2.05, 4.69) is 5.32 Å². The third kappa shape index (κ3) is 4.19. The van der Waals surface area contributed by atoms with Crippen molar-refractivity contribution in [1.82, 2.24) is 5.32 Å². The van der Waals surface area contributed by atoms with E-state index in [0.29, 0.717) is 13.0 Å². The fourth-order valence-corrected chi connectivity index (χ4v) is 2.81. The van der Waals surface area contributed by atoms with Gasteiger partial charge in [-0.15, -0.1) is 0 Å². The smallest absolute Gasteiger partial charge is 0.335 e. The van der Waals surface area contributed by atoms with Gasteiger partial charge in [0.2, 0.25) is 0 Å². The first-order valence-corrected chi connectivity index (χ1v) is 7.57. The van der Waals surface area contributed by atoms with Gasteiger partial charge in [0, 0.05) is 12.1 Å². The fourth-order valence-electron chi connectivity index (χ4n) is 2.81. The van der Waals surface area contributed by atoms with Crippen molar-refractivity contribution >= 4 is 11.9 Å². The molecular formula is C19H21NO3. The van der Waals surface area contributed by atoms with Crippen LogP contribution in [0.4, 0.5) is 0 Å². The Morgan fingerprint density at radius 3 is 2.30 bits per heavy atom. The molecule has 2 aromatic carbocycles. The molecule has 2 aromatic rings. The van der Waals surface area contributed by atoms with Gasteiger partial charge in [0.25, 0.3) is 5.91 Å². The minimum absolute atomic E-state index is 0.0885. The molecule has 120 valence electrons. The van der Waals surface area contributed by atoms with E-state index in [4.69, 9.17) is 5.11 Å². The molecule has 4 heteroatoms. The molecule has 0 aliphatic carbocycles. The number of aryl methyl sites for hydroxylation is 3. The molecule has 2 N–H and O–H groups in total. The highest BCUT2D eigenvalue weighted by atomic mass is 16.4. The van der Waals surface area contributed by atoms with Crippen molar-refractivity contribution in [2.24, 2.45) is 0 Å². The Morgan fingerprint density at radius 1 is 1.04 bits per heavy atom. The van der Waals surface area contributed by atoms with Crippen LogP contribution in [-0.2, 0) is 6.42 Å². The number of rotatable bonds is 5. The monoisotopic (exact) mass is 311 g/mol. The summed E-state index contributed by atoms with van der Waals surface area (Å²) in [6, 6.07) is 10.8. The lowest BCUT2D eigenvalue weighted by molar-refractivity contribution is 0.0696. The van der Waals surface area contributed by atoms with Crippen LogP contribution in [0.25, 0.3) is 0 Å². The highest BCUT2D eigenvalue weighted by Crippen LogP contribution is 2.16. The molecular weight excluding hydrogens is 290 g/mol. The number of amides is 1. The first kappa shape index (κ1) is 16.7. The van der Waals surface area contributed by atoms with E-state index in [0.717, 1.165) is 27.8 Å². The Balaban J connectivity index is 2.00. The van der Waals surface area contributed by atoms with Crippen LogP contribution in [0, 0.1) is 20.8 Å². The van der Waals surface area contributed by atoms with E-state index in [1.807, 2.05) is 39.0 Å². The molecule has 2 rings (SSSR count). The molecule has 0 aliphatic rings. The topological polar surface area (TPSA) is 66.4 Å². The first-order chi connectivity index (χ1) is 10.9. The Bertz CT molecular complexity index is 727. The maximum absolute atomic E-state index is 12.4. The Kier molecular flexibility index (Phi) is 5.16. The van der Waals surface area contributed by atoms with Crippen molar-refractivity contribution in [3.63, 3.8) is 0 Å². The SMILES string of the molecule is Cc1cc(C)c(C(=O)NCCc2cccc(C(=O)O)c2)c(C)c1. The summed E-state index contributed by atoms with van der Waals surface area (Å²) in [4.78, 5) is 23.3. The quantitative estimate of drug-likeness (QED) is 0.890. The van der Waals surface area contributed by atoms with Crippen LogP contribution in [-0.4, -0.2) is 23.5 Å². The van der Waals surface area contributed by atoms with Crippen molar-refractivity contribution in [3.05, 3.63) is 69.8 Å². The lowest BCUT2D eigenvalue weighted by atomic mass is 9.99. The fraction of sp³-hybridized carbons (Fsp3) is 0.263. The minimum Gasteiger partial charge on any atom is -0.478 e. The van der Waals surface area contributed by atoms with Crippen LogP contribution in [0.3, 0.4) is 0 Å². The zero-order valence-corrected chi connectivity index (χ0v) is 13.6.